The zero-order valence-electron chi connectivity index (χ0n) is 10.9. The monoisotopic (exact) mass is 252 g/mol. The van der Waals surface area contributed by atoms with E-state index in [1.54, 1.807) is 0 Å². The Morgan fingerprint density at radius 2 is 1.95 bits per heavy atom. The molecule has 3 rings (SSSR count). The van der Waals surface area contributed by atoms with Crippen LogP contribution in [0.5, 0.6) is 0 Å². The van der Waals surface area contributed by atoms with Crippen molar-refractivity contribution < 1.29 is 4.79 Å². The molecule has 3 nitrogen and oxygen atoms in total. The number of nitrogen functional groups attached to an aromatic ring is 1. The molecule has 2 N–H and O–H groups in total. The molecule has 0 saturated carbocycles. The highest BCUT2D eigenvalue weighted by Crippen LogP contribution is 2.26. The third-order valence-electron chi connectivity index (χ3n) is 3.66. The Morgan fingerprint density at radius 3 is 2.74 bits per heavy atom. The number of hydrogen-bond acceptors (Lipinski definition) is 2. The molecule has 0 radical (unpaired) electrons. The zero-order valence-corrected chi connectivity index (χ0v) is 10.9. The fraction of sp³-hybridized carbons (Fsp3) is 0.188. The van der Waals surface area contributed by atoms with Gasteiger partial charge in [0.25, 0.3) is 5.91 Å². The molecule has 96 valence electrons. The van der Waals surface area contributed by atoms with E-state index >= 15 is 0 Å². The molecule has 0 unspecified atom stereocenters. The van der Waals surface area contributed by atoms with Crippen LogP contribution in [0.2, 0.25) is 0 Å². The highest BCUT2D eigenvalue weighted by Gasteiger charge is 2.24. The second-order valence-corrected chi connectivity index (χ2v) is 4.90. The average Bonchev–Trinajstić information content (AvgIpc) is 2.43. The van der Waals surface area contributed by atoms with Crippen LogP contribution in [0.3, 0.4) is 0 Å². The summed E-state index contributed by atoms with van der Waals surface area (Å²) in [6.07, 6.45) is 0.894. The third-order valence-corrected chi connectivity index (χ3v) is 3.66. The molecule has 0 bridgehead atoms. The van der Waals surface area contributed by atoms with Gasteiger partial charge in [0.15, 0.2) is 0 Å². The van der Waals surface area contributed by atoms with Crippen molar-refractivity contribution in [2.45, 2.75) is 13.3 Å². The van der Waals surface area contributed by atoms with E-state index in [4.69, 9.17) is 5.73 Å². The fourth-order valence-electron chi connectivity index (χ4n) is 2.50. The van der Waals surface area contributed by atoms with Crippen molar-refractivity contribution in [2.24, 2.45) is 0 Å². The van der Waals surface area contributed by atoms with Gasteiger partial charge in [0.05, 0.1) is 0 Å². The Balaban J connectivity index is 2.00. The number of amides is 1. The molecular formula is C16H16N2O. The Kier molecular flexibility index (Phi) is 2.75. The molecule has 0 aromatic heterocycles. The predicted octanol–water partition coefficient (Wildman–Crippen LogP) is 2.78. The Hall–Kier alpha value is -2.29. The molecule has 1 aliphatic heterocycles. The maximum Gasteiger partial charge on any atom is 0.258 e. The topological polar surface area (TPSA) is 46.3 Å². The molecule has 1 amide bonds. The lowest BCUT2D eigenvalue weighted by molar-refractivity contribution is 0.0980. The molecule has 0 saturated heterocycles. The number of carbonyl (C=O) groups is 1. The van der Waals surface area contributed by atoms with Gasteiger partial charge in [0, 0.05) is 23.5 Å². The molecule has 0 atom stereocenters. The van der Waals surface area contributed by atoms with Crippen LogP contribution in [0, 0.1) is 6.92 Å². The van der Waals surface area contributed by atoms with E-state index in [0.29, 0.717) is 0 Å². The number of anilines is 2. The van der Waals surface area contributed by atoms with E-state index in [2.05, 4.69) is 0 Å². The van der Waals surface area contributed by atoms with Gasteiger partial charge in [-0.2, -0.15) is 0 Å². The first-order valence-electron chi connectivity index (χ1n) is 6.43. The van der Waals surface area contributed by atoms with Crippen LogP contribution in [0.1, 0.15) is 21.5 Å². The van der Waals surface area contributed by atoms with Gasteiger partial charge in [-0.05, 0) is 48.7 Å². The standard InChI is InChI=1S/C16H16N2O/c1-11-10-13(6-7-15(11)17)18-9-8-12-4-2-3-5-14(12)16(18)19/h2-7,10H,8-9,17H2,1H3. The number of aryl methyl sites for hydroxylation is 1. The number of carbonyl (C=O) groups excluding carboxylic acids is 1. The van der Waals surface area contributed by atoms with Crippen LogP contribution < -0.4 is 10.6 Å². The lowest BCUT2D eigenvalue weighted by atomic mass is 9.98. The molecular weight excluding hydrogens is 236 g/mol. The molecule has 1 aliphatic rings. The van der Waals surface area contributed by atoms with E-state index in [0.717, 1.165) is 41.0 Å². The number of nitrogens with zero attached hydrogens (tertiary/aromatic N) is 1. The average molecular weight is 252 g/mol. The van der Waals surface area contributed by atoms with Gasteiger partial charge < -0.3 is 10.6 Å². The molecule has 2 aromatic rings. The summed E-state index contributed by atoms with van der Waals surface area (Å²) in [5.74, 6) is 0.0750. The Labute approximate surface area is 112 Å². The second-order valence-electron chi connectivity index (χ2n) is 4.90. The summed E-state index contributed by atoms with van der Waals surface area (Å²) in [6, 6.07) is 13.6. The van der Waals surface area contributed by atoms with E-state index in [1.165, 1.54) is 0 Å². The molecule has 1 heterocycles. The molecule has 2 aromatic carbocycles. The predicted molar refractivity (Wildman–Crippen MR) is 77.4 cm³/mol. The number of rotatable bonds is 1. The van der Waals surface area contributed by atoms with Crippen LogP contribution in [0.25, 0.3) is 0 Å². The van der Waals surface area contributed by atoms with Crippen LogP contribution in [0.4, 0.5) is 11.4 Å². The Bertz CT molecular complexity index is 649. The number of fused-ring (bicyclic) bond motifs is 1. The largest absolute Gasteiger partial charge is 0.399 e. The zero-order chi connectivity index (χ0) is 13.4. The summed E-state index contributed by atoms with van der Waals surface area (Å²) in [5, 5.41) is 0. The third kappa shape index (κ3) is 1.97. The normalized spacial score (nSPS) is 14.4. The molecule has 3 heteroatoms. The fourth-order valence-corrected chi connectivity index (χ4v) is 2.50. The van der Waals surface area contributed by atoms with Crippen molar-refractivity contribution in [3.05, 3.63) is 59.2 Å². The van der Waals surface area contributed by atoms with Crippen molar-refractivity contribution >= 4 is 17.3 Å². The van der Waals surface area contributed by atoms with Gasteiger partial charge in [-0.1, -0.05) is 18.2 Å². The minimum absolute atomic E-state index is 0.0750. The number of benzene rings is 2. The highest BCUT2D eigenvalue weighted by molar-refractivity contribution is 6.08. The van der Waals surface area contributed by atoms with Gasteiger partial charge in [0.2, 0.25) is 0 Å². The summed E-state index contributed by atoms with van der Waals surface area (Å²) < 4.78 is 0. The van der Waals surface area contributed by atoms with Gasteiger partial charge in [0.1, 0.15) is 0 Å². The number of nitrogens with two attached hydrogens (primary N) is 1. The highest BCUT2D eigenvalue weighted by atomic mass is 16.2. The van der Waals surface area contributed by atoms with Crippen LogP contribution >= 0.6 is 0 Å². The van der Waals surface area contributed by atoms with Crippen molar-refractivity contribution in [1.82, 2.24) is 0 Å². The van der Waals surface area contributed by atoms with E-state index in [1.807, 2.05) is 54.3 Å². The van der Waals surface area contributed by atoms with Gasteiger partial charge >= 0.3 is 0 Å². The van der Waals surface area contributed by atoms with Crippen molar-refractivity contribution in [2.75, 3.05) is 17.2 Å². The van der Waals surface area contributed by atoms with E-state index < -0.39 is 0 Å². The molecule has 0 fully saturated rings. The minimum atomic E-state index is 0.0750. The van der Waals surface area contributed by atoms with E-state index in [-0.39, 0.29) is 5.91 Å². The van der Waals surface area contributed by atoms with Crippen LogP contribution in [-0.4, -0.2) is 12.5 Å². The van der Waals surface area contributed by atoms with Crippen molar-refractivity contribution in [3.63, 3.8) is 0 Å². The van der Waals surface area contributed by atoms with E-state index in [9.17, 15) is 4.79 Å². The first-order chi connectivity index (χ1) is 9.16. The SMILES string of the molecule is Cc1cc(N2CCc3ccccc3C2=O)ccc1N. The summed E-state index contributed by atoms with van der Waals surface area (Å²) in [7, 11) is 0. The van der Waals surface area contributed by atoms with Gasteiger partial charge in [-0.15, -0.1) is 0 Å². The lowest BCUT2D eigenvalue weighted by Gasteiger charge is -2.29. The second kappa shape index (κ2) is 4.43. The first kappa shape index (κ1) is 11.8. The van der Waals surface area contributed by atoms with Crippen molar-refractivity contribution in [1.29, 1.82) is 0 Å². The lowest BCUT2D eigenvalue weighted by Crippen LogP contribution is -2.37. The Morgan fingerprint density at radius 1 is 1.16 bits per heavy atom. The maximum absolute atomic E-state index is 12.5. The maximum atomic E-state index is 12.5. The summed E-state index contributed by atoms with van der Waals surface area (Å²) in [5.41, 5.74) is 10.5. The molecule has 0 spiro atoms. The van der Waals surface area contributed by atoms with Crippen LogP contribution in [0.15, 0.2) is 42.5 Å². The smallest absolute Gasteiger partial charge is 0.258 e. The summed E-state index contributed by atoms with van der Waals surface area (Å²) in [6.45, 7) is 2.68. The van der Waals surface area contributed by atoms with Crippen LogP contribution in [-0.2, 0) is 6.42 Å². The molecule has 0 aliphatic carbocycles. The summed E-state index contributed by atoms with van der Waals surface area (Å²) >= 11 is 0. The van der Waals surface area contributed by atoms with Gasteiger partial charge in [-0.25, -0.2) is 0 Å². The van der Waals surface area contributed by atoms with Crippen molar-refractivity contribution in [3.8, 4) is 0 Å². The molecule has 19 heavy (non-hydrogen) atoms. The minimum Gasteiger partial charge on any atom is -0.399 e. The first-order valence-corrected chi connectivity index (χ1v) is 6.43. The quantitative estimate of drug-likeness (QED) is 0.793. The van der Waals surface area contributed by atoms with Gasteiger partial charge in [-0.3, -0.25) is 4.79 Å². The summed E-state index contributed by atoms with van der Waals surface area (Å²) in [4.78, 5) is 14.3. The number of hydrogen-bond donors (Lipinski definition) is 1.